The third-order valence-corrected chi connectivity index (χ3v) is 4.34. The van der Waals surface area contributed by atoms with Crippen LogP contribution >= 0.6 is 0 Å². The lowest BCUT2D eigenvalue weighted by molar-refractivity contribution is 0.0944. The number of hydrogen-bond acceptors (Lipinski definition) is 5. The second kappa shape index (κ2) is 10.0. The summed E-state index contributed by atoms with van der Waals surface area (Å²) in [6.07, 6.45) is 3.04. The van der Waals surface area contributed by atoms with E-state index in [0.717, 1.165) is 6.07 Å². The number of hydrogen-bond donors (Lipinski definition) is 2. The van der Waals surface area contributed by atoms with Gasteiger partial charge in [-0.1, -0.05) is 13.8 Å². The number of carbonyl (C=O) groups excluding carboxylic acids is 2. The second-order valence-corrected chi connectivity index (χ2v) is 7.39. The second-order valence-electron chi connectivity index (χ2n) is 7.39. The molecule has 1 aromatic carbocycles. The van der Waals surface area contributed by atoms with Gasteiger partial charge in [0.25, 0.3) is 11.8 Å². The highest BCUT2D eigenvalue weighted by Gasteiger charge is 2.20. The molecule has 0 fully saturated rings. The quantitative estimate of drug-likeness (QED) is 0.526. The van der Waals surface area contributed by atoms with Crippen molar-refractivity contribution in [3.05, 3.63) is 59.7 Å². The average Bonchev–Trinajstić information content (AvgIpc) is 3.38. The van der Waals surface area contributed by atoms with E-state index in [1.54, 1.807) is 10.9 Å². The van der Waals surface area contributed by atoms with E-state index < -0.39 is 17.5 Å². The van der Waals surface area contributed by atoms with E-state index in [1.165, 1.54) is 23.0 Å². The zero-order valence-electron chi connectivity index (χ0n) is 17.9. The summed E-state index contributed by atoms with van der Waals surface area (Å²) in [6.45, 7) is 6.61. The zero-order valence-corrected chi connectivity index (χ0v) is 17.9. The lowest BCUT2D eigenvalue weighted by atomic mass is 10.2. The first-order valence-electron chi connectivity index (χ1n) is 10.0. The van der Waals surface area contributed by atoms with Gasteiger partial charge in [0.1, 0.15) is 5.82 Å². The monoisotopic (exact) mass is 446 g/mol. The van der Waals surface area contributed by atoms with Crippen molar-refractivity contribution in [2.75, 3.05) is 11.9 Å². The fourth-order valence-electron chi connectivity index (χ4n) is 2.69. The Morgan fingerprint density at radius 3 is 2.59 bits per heavy atom. The topological polar surface area (TPSA) is 103 Å². The van der Waals surface area contributed by atoms with Gasteiger partial charge in [0.2, 0.25) is 0 Å². The smallest absolute Gasteiger partial charge is 0.276 e. The number of benzene rings is 1. The van der Waals surface area contributed by atoms with Crippen molar-refractivity contribution in [3.63, 3.8) is 0 Å². The molecule has 0 saturated carbocycles. The van der Waals surface area contributed by atoms with Gasteiger partial charge >= 0.3 is 0 Å². The van der Waals surface area contributed by atoms with Crippen LogP contribution in [0.1, 0.15) is 41.7 Å². The zero-order chi connectivity index (χ0) is 23.3. The van der Waals surface area contributed by atoms with Gasteiger partial charge in [0.15, 0.2) is 29.7 Å². The van der Waals surface area contributed by atoms with Crippen LogP contribution in [0.5, 0.6) is 5.75 Å². The Bertz CT molecular complexity index is 1110. The van der Waals surface area contributed by atoms with Crippen LogP contribution in [0.4, 0.5) is 14.5 Å². The first-order valence-corrected chi connectivity index (χ1v) is 10.0. The molecule has 0 spiro atoms. The van der Waals surface area contributed by atoms with Crippen LogP contribution in [0.3, 0.4) is 0 Å². The van der Waals surface area contributed by atoms with E-state index in [4.69, 9.17) is 4.74 Å². The van der Waals surface area contributed by atoms with Crippen molar-refractivity contribution in [3.8, 4) is 5.75 Å². The molecule has 0 bridgehead atoms. The van der Waals surface area contributed by atoms with Gasteiger partial charge in [-0.3, -0.25) is 14.3 Å². The Balaban J connectivity index is 1.67. The van der Waals surface area contributed by atoms with E-state index in [1.807, 2.05) is 20.8 Å². The highest BCUT2D eigenvalue weighted by molar-refractivity contribution is 6.07. The van der Waals surface area contributed by atoms with Gasteiger partial charge in [0.05, 0.1) is 5.69 Å². The molecule has 0 aliphatic heterocycles. The lowest BCUT2D eigenvalue weighted by Gasteiger charge is -2.08. The minimum Gasteiger partial charge on any atom is -0.468 e. The van der Waals surface area contributed by atoms with Crippen LogP contribution in [0.15, 0.2) is 36.7 Å². The summed E-state index contributed by atoms with van der Waals surface area (Å²) < 4.78 is 34.7. The van der Waals surface area contributed by atoms with E-state index in [2.05, 4.69) is 20.8 Å². The Morgan fingerprint density at radius 2 is 1.91 bits per heavy atom. The molecule has 0 aliphatic rings. The number of rotatable bonds is 9. The molecule has 0 unspecified atom stereocenters. The van der Waals surface area contributed by atoms with Gasteiger partial charge in [-0.2, -0.15) is 10.2 Å². The molecule has 0 radical (unpaired) electrons. The molecule has 11 heteroatoms. The molecule has 0 atom stereocenters. The molecule has 0 saturated heterocycles. The normalized spacial score (nSPS) is 10.9. The first-order chi connectivity index (χ1) is 15.3. The van der Waals surface area contributed by atoms with E-state index in [0.29, 0.717) is 19.2 Å². The number of amides is 2. The van der Waals surface area contributed by atoms with Crippen molar-refractivity contribution in [2.24, 2.45) is 5.92 Å². The maximum atomic E-state index is 13.7. The van der Waals surface area contributed by atoms with Crippen molar-refractivity contribution >= 4 is 17.5 Å². The lowest BCUT2D eigenvalue weighted by Crippen LogP contribution is -2.28. The molecule has 32 heavy (non-hydrogen) atoms. The molecular weight excluding hydrogens is 422 g/mol. The van der Waals surface area contributed by atoms with Crippen LogP contribution in [0, 0.1) is 17.6 Å². The number of halogens is 2. The van der Waals surface area contributed by atoms with Crippen LogP contribution in [-0.2, 0) is 13.3 Å². The Morgan fingerprint density at radius 1 is 1.12 bits per heavy atom. The largest absolute Gasteiger partial charge is 0.468 e. The minimum atomic E-state index is -0.841. The van der Waals surface area contributed by atoms with Crippen molar-refractivity contribution in [1.82, 2.24) is 24.9 Å². The number of aryl methyl sites for hydroxylation is 1. The van der Waals surface area contributed by atoms with E-state index in [-0.39, 0.29) is 41.4 Å². The summed E-state index contributed by atoms with van der Waals surface area (Å²) in [6, 6.07) is 4.40. The molecule has 2 amide bonds. The summed E-state index contributed by atoms with van der Waals surface area (Å²) in [5.74, 6) is -2.37. The summed E-state index contributed by atoms with van der Waals surface area (Å²) in [7, 11) is 0. The van der Waals surface area contributed by atoms with Gasteiger partial charge < -0.3 is 15.4 Å². The molecule has 2 N–H and O–H groups in total. The third kappa shape index (κ3) is 5.68. The molecule has 0 aliphatic carbocycles. The Kier molecular flexibility index (Phi) is 7.18. The molecular formula is C21H24F2N6O3. The van der Waals surface area contributed by atoms with Gasteiger partial charge in [-0.25, -0.2) is 13.5 Å². The number of carbonyl (C=O) groups is 2. The predicted molar refractivity (Wildman–Crippen MR) is 112 cm³/mol. The maximum Gasteiger partial charge on any atom is 0.276 e. The number of anilines is 1. The van der Waals surface area contributed by atoms with Crippen LogP contribution < -0.4 is 15.4 Å². The van der Waals surface area contributed by atoms with Crippen LogP contribution in [0.2, 0.25) is 0 Å². The fourth-order valence-corrected chi connectivity index (χ4v) is 2.69. The van der Waals surface area contributed by atoms with Crippen molar-refractivity contribution < 1.29 is 23.1 Å². The fraction of sp³-hybridized carbons (Fsp3) is 0.333. The highest BCUT2D eigenvalue weighted by Crippen LogP contribution is 2.18. The Labute approximate surface area is 183 Å². The molecule has 9 nitrogen and oxygen atoms in total. The van der Waals surface area contributed by atoms with Crippen molar-refractivity contribution in [1.29, 1.82) is 0 Å². The number of nitrogens with zero attached hydrogens (tertiary/aromatic N) is 4. The summed E-state index contributed by atoms with van der Waals surface area (Å²) in [5, 5.41) is 13.7. The third-order valence-electron chi connectivity index (χ3n) is 4.34. The van der Waals surface area contributed by atoms with Gasteiger partial charge in [0, 0.05) is 31.5 Å². The maximum absolute atomic E-state index is 13.7. The number of nitrogens with one attached hydrogen (secondary N) is 2. The summed E-state index contributed by atoms with van der Waals surface area (Å²) >= 11 is 0. The van der Waals surface area contributed by atoms with Crippen molar-refractivity contribution in [2.45, 2.75) is 34.0 Å². The van der Waals surface area contributed by atoms with E-state index >= 15 is 0 Å². The van der Waals surface area contributed by atoms with Gasteiger partial charge in [-0.05, 0) is 31.0 Å². The standard InChI is InChI=1S/C21H24F2N6O3/c1-4-28-11-17(19(27-28)21(31)24-10-13(2)3)25-20(30)16-7-8-29(26-16)12-32-18-6-5-14(22)9-15(18)23/h5-9,11,13H,4,10,12H2,1-3H3,(H,24,31)(H,25,30). The average molecular weight is 446 g/mol. The molecule has 2 heterocycles. The first kappa shape index (κ1) is 22.9. The molecule has 3 rings (SSSR count). The van der Waals surface area contributed by atoms with E-state index in [9.17, 15) is 18.4 Å². The molecule has 2 aromatic heterocycles. The predicted octanol–water partition coefficient (Wildman–Crippen LogP) is 3.05. The number of aromatic nitrogens is 4. The SMILES string of the molecule is CCn1cc(NC(=O)c2ccn(COc3ccc(F)cc3F)n2)c(C(=O)NCC(C)C)n1. The highest BCUT2D eigenvalue weighted by atomic mass is 19.1. The molecule has 3 aromatic rings. The summed E-state index contributed by atoms with van der Waals surface area (Å²) in [5.41, 5.74) is 0.429. The van der Waals surface area contributed by atoms with Gasteiger partial charge in [-0.15, -0.1) is 0 Å². The Hall–Kier alpha value is -3.76. The summed E-state index contributed by atoms with van der Waals surface area (Å²) in [4.78, 5) is 25.1. The minimum absolute atomic E-state index is 0.0611. The van der Waals surface area contributed by atoms with Crippen LogP contribution in [-0.4, -0.2) is 37.9 Å². The number of ether oxygens (including phenoxy) is 1. The van der Waals surface area contributed by atoms with Crippen LogP contribution in [0.25, 0.3) is 0 Å². The molecule has 170 valence electrons.